The molecular formula is C21H17F3N4O5S. The molecule has 0 saturated heterocycles. The van der Waals surface area contributed by atoms with E-state index in [1.807, 2.05) is 0 Å². The third-order valence-corrected chi connectivity index (χ3v) is 5.81. The first-order valence-corrected chi connectivity index (χ1v) is 10.9. The zero-order valence-corrected chi connectivity index (χ0v) is 18.2. The summed E-state index contributed by atoms with van der Waals surface area (Å²) < 4.78 is 71.0. The highest BCUT2D eigenvalue weighted by molar-refractivity contribution is 7.92. The number of benzene rings is 3. The topological polar surface area (TPSA) is 123 Å². The summed E-state index contributed by atoms with van der Waals surface area (Å²) in [5.41, 5.74) is 1.06. The summed E-state index contributed by atoms with van der Waals surface area (Å²) in [5, 5.41) is 15.2. The number of halogens is 3. The van der Waals surface area contributed by atoms with Gasteiger partial charge in [-0.25, -0.2) is 8.42 Å². The number of hydrazone groups is 1. The Labute approximate surface area is 192 Å². The number of alkyl halides is 3. The van der Waals surface area contributed by atoms with Crippen molar-refractivity contribution in [1.29, 1.82) is 0 Å². The number of nitro groups is 1. The van der Waals surface area contributed by atoms with Gasteiger partial charge in [0.25, 0.3) is 15.7 Å². The van der Waals surface area contributed by atoms with Gasteiger partial charge in [-0.05, 0) is 54.1 Å². The van der Waals surface area contributed by atoms with Gasteiger partial charge in [0.15, 0.2) is 0 Å². The van der Waals surface area contributed by atoms with E-state index >= 15 is 0 Å². The van der Waals surface area contributed by atoms with E-state index in [4.69, 9.17) is 4.74 Å². The maximum absolute atomic E-state index is 12.8. The first-order chi connectivity index (χ1) is 16.0. The van der Waals surface area contributed by atoms with Crippen LogP contribution >= 0.6 is 0 Å². The second-order valence-corrected chi connectivity index (χ2v) is 8.45. The number of hydrogen-bond donors (Lipinski definition) is 2. The first kappa shape index (κ1) is 24.5. The normalized spacial score (nSPS) is 11.9. The molecule has 2 N–H and O–H groups in total. The lowest BCUT2D eigenvalue weighted by Gasteiger charge is -2.10. The summed E-state index contributed by atoms with van der Waals surface area (Å²) in [6.45, 7) is 0. The molecule has 0 aliphatic heterocycles. The number of ether oxygens (including phenoxy) is 1. The van der Waals surface area contributed by atoms with Crippen molar-refractivity contribution >= 4 is 33.3 Å². The summed E-state index contributed by atoms with van der Waals surface area (Å²) in [7, 11) is -2.70. The van der Waals surface area contributed by atoms with Crippen LogP contribution in [0.5, 0.6) is 5.75 Å². The van der Waals surface area contributed by atoms with Gasteiger partial charge in [0.2, 0.25) is 0 Å². The molecule has 0 aliphatic rings. The summed E-state index contributed by atoms with van der Waals surface area (Å²) in [6.07, 6.45) is -3.48. The van der Waals surface area contributed by atoms with Gasteiger partial charge in [0.1, 0.15) is 11.4 Å². The zero-order chi connectivity index (χ0) is 24.9. The molecule has 0 saturated carbocycles. The van der Waals surface area contributed by atoms with Gasteiger partial charge < -0.3 is 4.74 Å². The molecular weight excluding hydrogens is 477 g/mol. The van der Waals surface area contributed by atoms with E-state index in [0.717, 1.165) is 36.5 Å². The molecule has 0 bridgehead atoms. The van der Waals surface area contributed by atoms with Gasteiger partial charge >= 0.3 is 6.18 Å². The maximum atomic E-state index is 12.8. The molecule has 0 radical (unpaired) electrons. The standard InChI is InChI=1S/C21H17F3N4O5S/c1-33-17-7-5-16(6-8-17)27-34(31,32)18-9-10-19(20(12-18)28(29)30)26-25-13-14-3-2-4-15(11-14)21(22,23)24/h2-13,26-27H,1H3/b25-13+. The molecule has 0 atom stereocenters. The average Bonchev–Trinajstić information content (AvgIpc) is 2.79. The van der Waals surface area contributed by atoms with Crippen LogP contribution in [-0.2, 0) is 16.2 Å². The van der Waals surface area contributed by atoms with E-state index in [-0.39, 0.29) is 21.8 Å². The van der Waals surface area contributed by atoms with Crippen molar-refractivity contribution < 1.29 is 31.2 Å². The van der Waals surface area contributed by atoms with Crippen LogP contribution in [0.15, 0.2) is 76.7 Å². The Hall–Kier alpha value is -4.13. The van der Waals surface area contributed by atoms with Crippen molar-refractivity contribution in [3.05, 3.63) is 88.0 Å². The van der Waals surface area contributed by atoms with Crippen LogP contribution in [-0.4, -0.2) is 26.7 Å². The number of sulfonamides is 1. The van der Waals surface area contributed by atoms with Crippen LogP contribution in [0.4, 0.5) is 30.2 Å². The number of rotatable bonds is 8. The Morgan fingerprint density at radius 1 is 1.06 bits per heavy atom. The van der Waals surface area contributed by atoms with Crippen molar-refractivity contribution in [2.75, 3.05) is 17.3 Å². The lowest BCUT2D eigenvalue weighted by Crippen LogP contribution is -2.13. The molecule has 3 rings (SSSR count). The molecule has 0 aliphatic carbocycles. The molecule has 0 fully saturated rings. The lowest BCUT2D eigenvalue weighted by molar-refractivity contribution is -0.384. The van der Waals surface area contributed by atoms with E-state index in [1.165, 1.54) is 43.5 Å². The van der Waals surface area contributed by atoms with Crippen LogP contribution in [0.3, 0.4) is 0 Å². The molecule has 9 nitrogen and oxygen atoms in total. The molecule has 3 aromatic carbocycles. The van der Waals surface area contributed by atoms with Crippen LogP contribution in [0.25, 0.3) is 0 Å². The van der Waals surface area contributed by atoms with Crippen LogP contribution in [0.1, 0.15) is 11.1 Å². The predicted molar refractivity (Wildman–Crippen MR) is 120 cm³/mol. The number of nitro benzene ring substituents is 1. The predicted octanol–water partition coefficient (Wildman–Crippen LogP) is 4.87. The molecule has 13 heteroatoms. The maximum Gasteiger partial charge on any atom is 0.416 e. The fraction of sp³-hybridized carbons (Fsp3) is 0.0952. The van der Waals surface area contributed by atoms with Gasteiger partial charge in [-0.1, -0.05) is 12.1 Å². The quantitative estimate of drug-likeness (QED) is 0.262. The van der Waals surface area contributed by atoms with Gasteiger partial charge in [-0.2, -0.15) is 18.3 Å². The molecule has 0 heterocycles. The van der Waals surface area contributed by atoms with Crippen LogP contribution in [0, 0.1) is 10.1 Å². The zero-order valence-electron chi connectivity index (χ0n) is 17.4. The number of nitrogens with zero attached hydrogens (tertiary/aromatic N) is 2. The highest BCUT2D eigenvalue weighted by Gasteiger charge is 2.30. The van der Waals surface area contributed by atoms with Crippen LogP contribution in [0.2, 0.25) is 0 Å². The summed E-state index contributed by atoms with van der Waals surface area (Å²) in [5.74, 6) is 0.514. The Morgan fingerprint density at radius 3 is 2.38 bits per heavy atom. The average molecular weight is 494 g/mol. The monoisotopic (exact) mass is 494 g/mol. The van der Waals surface area contributed by atoms with Gasteiger partial charge in [0, 0.05) is 11.8 Å². The minimum absolute atomic E-state index is 0.105. The molecule has 3 aromatic rings. The number of methoxy groups -OCH3 is 1. The van der Waals surface area contributed by atoms with Crippen LogP contribution < -0.4 is 14.9 Å². The Balaban J connectivity index is 1.81. The molecule has 0 unspecified atom stereocenters. The minimum Gasteiger partial charge on any atom is -0.497 e. The Bertz CT molecular complexity index is 1330. The third kappa shape index (κ3) is 6.01. The van der Waals surface area contributed by atoms with Crippen molar-refractivity contribution in [3.63, 3.8) is 0 Å². The van der Waals surface area contributed by atoms with E-state index in [1.54, 1.807) is 0 Å². The number of hydrogen-bond acceptors (Lipinski definition) is 7. The number of nitrogens with one attached hydrogen (secondary N) is 2. The highest BCUT2D eigenvalue weighted by atomic mass is 32.2. The molecule has 0 amide bonds. The largest absolute Gasteiger partial charge is 0.497 e. The Kier molecular flexibility index (Phi) is 7.05. The fourth-order valence-electron chi connectivity index (χ4n) is 2.77. The fourth-order valence-corrected chi connectivity index (χ4v) is 3.85. The van der Waals surface area contributed by atoms with E-state index in [2.05, 4.69) is 15.2 Å². The van der Waals surface area contributed by atoms with Crippen molar-refractivity contribution in [2.24, 2.45) is 5.10 Å². The molecule has 34 heavy (non-hydrogen) atoms. The van der Waals surface area contributed by atoms with Crippen molar-refractivity contribution in [2.45, 2.75) is 11.1 Å². The summed E-state index contributed by atoms with van der Waals surface area (Å²) >= 11 is 0. The van der Waals surface area contributed by atoms with Crippen molar-refractivity contribution in [3.8, 4) is 5.75 Å². The summed E-state index contributed by atoms with van der Waals surface area (Å²) in [6, 6.07) is 13.4. The lowest BCUT2D eigenvalue weighted by atomic mass is 10.1. The molecule has 0 spiro atoms. The highest BCUT2D eigenvalue weighted by Crippen LogP contribution is 2.30. The first-order valence-electron chi connectivity index (χ1n) is 9.41. The second-order valence-electron chi connectivity index (χ2n) is 6.76. The van der Waals surface area contributed by atoms with E-state index in [9.17, 15) is 31.7 Å². The van der Waals surface area contributed by atoms with Gasteiger partial charge in [-0.15, -0.1) is 0 Å². The third-order valence-electron chi connectivity index (χ3n) is 4.43. The van der Waals surface area contributed by atoms with E-state index in [0.29, 0.717) is 5.75 Å². The summed E-state index contributed by atoms with van der Waals surface area (Å²) in [4.78, 5) is 10.3. The molecule has 0 aromatic heterocycles. The van der Waals surface area contributed by atoms with Gasteiger partial charge in [-0.3, -0.25) is 20.3 Å². The molecule has 178 valence electrons. The SMILES string of the molecule is COc1ccc(NS(=O)(=O)c2ccc(N/N=C/c3cccc(C(F)(F)F)c3)c([N+](=O)[O-])c2)cc1. The minimum atomic E-state index is -4.53. The van der Waals surface area contributed by atoms with Crippen molar-refractivity contribution in [1.82, 2.24) is 0 Å². The van der Waals surface area contributed by atoms with Gasteiger partial charge in [0.05, 0.1) is 28.7 Å². The Morgan fingerprint density at radius 2 is 1.76 bits per heavy atom. The van der Waals surface area contributed by atoms with E-state index < -0.39 is 32.4 Å². The number of anilines is 2. The second kappa shape index (κ2) is 9.79. The smallest absolute Gasteiger partial charge is 0.416 e.